The van der Waals surface area contributed by atoms with Crippen LogP contribution in [0.15, 0.2) is 48.5 Å². The van der Waals surface area contributed by atoms with Gasteiger partial charge in [0, 0.05) is 10.6 Å². The van der Waals surface area contributed by atoms with Crippen molar-refractivity contribution in [2.45, 2.75) is 13.3 Å². The van der Waals surface area contributed by atoms with Crippen LogP contribution in [0.4, 0.5) is 0 Å². The number of halogens is 1. The van der Waals surface area contributed by atoms with Gasteiger partial charge in [-0.1, -0.05) is 36.7 Å². The van der Waals surface area contributed by atoms with Gasteiger partial charge in [0.2, 0.25) is 0 Å². The van der Waals surface area contributed by atoms with Gasteiger partial charge < -0.3 is 4.74 Å². The van der Waals surface area contributed by atoms with Crippen molar-refractivity contribution >= 4 is 23.4 Å². The summed E-state index contributed by atoms with van der Waals surface area (Å²) in [4.78, 5) is 23.5. The van der Waals surface area contributed by atoms with Gasteiger partial charge in [0.1, 0.15) is 5.75 Å². The highest BCUT2D eigenvalue weighted by Crippen LogP contribution is 2.12. The highest BCUT2D eigenvalue weighted by atomic mass is 35.5. The van der Waals surface area contributed by atoms with Crippen molar-refractivity contribution in [3.8, 4) is 5.75 Å². The Hall–Kier alpha value is -2.53. The number of hydrogen-bond donors (Lipinski definition) is 2. The molecule has 0 fully saturated rings. The molecule has 0 spiro atoms. The number of carbonyl (C=O) groups excluding carboxylic acids is 2. The van der Waals surface area contributed by atoms with Crippen molar-refractivity contribution in [2.75, 3.05) is 6.61 Å². The van der Waals surface area contributed by atoms with Crippen LogP contribution < -0.4 is 15.6 Å². The molecule has 0 bridgehead atoms. The molecule has 2 aromatic rings. The Kier molecular flexibility index (Phi) is 6.00. The highest BCUT2D eigenvalue weighted by molar-refractivity contribution is 6.30. The molecular formula is C17H17ClN2O3. The number of carbonyl (C=O) groups is 2. The summed E-state index contributed by atoms with van der Waals surface area (Å²) in [5, 5.41) is 0.447. The van der Waals surface area contributed by atoms with E-state index >= 15 is 0 Å². The van der Waals surface area contributed by atoms with Crippen LogP contribution in [0, 0.1) is 0 Å². The van der Waals surface area contributed by atoms with Crippen molar-refractivity contribution in [3.05, 3.63) is 64.7 Å². The second kappa shape index (κ2) is 8.19. The second-order valence-electron chi connectivity index (χ2n) is 4.80. The van der Waals surface area contributed by atoms with Crippen molar-refractivity contribution in [1.82, 2.24) is 10.9 Å². The number of benzene rings is 2. The lowest BCUT2D eigenvalue weighted by molar-refractivity contribution is -0.123. The fraction of sp³-hybridized carbons (Fsp3) is 0.176. The summed E-state index contributed by atoms with van der Waals surface area (Å²) in [5.74, 6) is -0.313. The number of hydrogen-bond acceptors (Lipinski definition) is 3. The van der Waals surface area contributed by atoms with Crippen molar-refractivity contribution in [2.24, 2.45) is 0 Å². The van der Waals surface area contributed by atoms with E-state index in [2.05, 4.69) is 17.8 Å². The third kappa shape index (κ3) is 5.30. The Balaban J connectivity index is 1.77. The lowest BCUT2D eigenvalue weighted by Crippen LogP contribution is -2.43. The number of amides is 2. The predicted octanol–water partition coefficient (Wildman–Crippen LogP) is 2.74. The quantitative estimate of drug-likeness (QED) is 0.827. The smallest absolute Gasteiger partial charge is 0.276 e. The van der Waals surface area contributed by atoms with Crippen LogP contribution in [-0.4, -0.2) is 18.4 Å². The molecule has 0 aliphatic carbocycles. The van der Waals surface area contributed by atoms with E-state index in [4.69, 9.17) is 16.3 Å². The molecule has 0 radical (unpaired) electrons. The van der Waals surface area contributed by atoms with Gasteiger partial charge in [-0.2, -0.15) is 0 Å². The summed E-state index contributed by atoms with van der Waals surface area (Å²) in [7, 11) is 0. The van der Waals surface area contributed by atoms with E-state index in [-0.39, 0.29) is 6.61 Å². The molecule has 23 heavy (non-hydrogen) atoms. The van der Waals surface area contributed by atoms with Gasteiger partial charge in [-0.25, -0.2) is 0 Å². The lowest BCUT2D eigenvalue weighted by atomic mass is 10.2. The molecule has 0 aliphatic heterocycles. The van der Waals surface area contributed by atoms with Gasteiger partial charge >= 0.3 is 0 Å². The van der Waals surface area contributed by atoms with Gasteiger partial charge in [-0.15, -0.1) is 0 Å². The molecule has 0 aromatic heterocycles. The molecule has 5 nitrogen and oxygen atoms in total. The summed E-state index contributed by atoms with van der Waals surface area (Å²) in [6.07, 6.45) is 0.941. The Morgan fingerprint density at radius 2 is 1.83 bits per heavy atom. The van der Waals surface area contributed by atoms with E-state index in [9.17, 15) is 9.59 Å². The maximum Gasteiger partial charge on any atom is 0.276 e. The van der Waals surface area contributed by atoms with E-state index in [0.29, 0.717) is 16.3 Å². The van der Waals surface area contributed by atoms with Gasteiger partial charge in [0.05, 0.1) is 0 Å². The fourth-order valence-corrected chi connectivity index (χ4v) is 2.02. The Morgan fingerprint density at radius 1 is 1.09 bits per heavy atom. The second-order valence-corrected chi connectivity index (χ2v) is 5.24. The first-order valence-corrected chi connectivity index (χ1v) is 7.52. The molecule has 2 amide bonds. The Morgan fingerprint density at radius 3 is 2.48 bits per heavy atom. The Labute approximate surface area is 139 Å². The monoisotopic (exact) mass is 332 g/mol. The first-order valence-electron chi connectivity index (χ1n) is 7.15. The van der Waals surface area contributed by atoms with Crippen LogP contribution in [0.2, 0.25) is 5.02 Å². The lowest BCUT2D eigenvalue weighted by Gasteiger charge is -2.09. The molecule has 0 saturated heterocycles. The topological polar surface area (TPSA) is 67.4 Å². The minimum atomic E-state index is -0.458. The van der Waals surface area contributed by atoms with Gasteiger partial charge in [0.15, 0.2) is 6.61 Å². The fourth-order valence-electron chi connectivity index (χ4n) is 1.83. The summed E-state index contributed by atoms with van der Waals surface area (Å²) in [6, 6.07) is 13.9. The maximum absolute atomic E-state index is 11.8. The van der Waals surface area contributed by atoms with E-state index < -0.39 is 11.8 Å². The first-order chi connectivity index (χ1) is 11.1. The zero-order valence-corrected chi connectivity index (χ0v) is 13.4. The molecule has 0 unspecified atom stereocenters. The number of hydrazine groups is 1. The van der Waals surface area contributed by atoms with E-state index in [1.165, 1.54) is 11.6 Å². The molecule has 6 heteroatoms. The molecule has 0 atom stereocenters. The van der Waals surface area contributed by atoms with Crippen molar-refractivity contribution < 1.29 is 14.3 Å². The molecule has 0 aliphatic rings. The normalized spacial score (nSPS) is 10.0. The SMILES string of the molecule is CCc1ccc(OCC(=O)NNC(=O)c2cccc(Cl)c2)cc1. The van der Waals surface area contributed by atoms with Crippen LogP contribution in [0.3, 0.4) is 0 Å². The van der Waals surface area contributed by atoms with Crippen molar-refractivity contribution in [1.29, 1.82) is 0 Å². The average Bonchev–Trinajstić information content (AvgIpc) is 2.58. The van der Waals surface area contributed by atoms with Gasteiger partial charge in [-0.05, 0) is 42.3 Å². The molecule has 2 rings (SSSR count). The van der Waals surface area contributed by atoms with Gasteiger partial charge in [-0.3, -0.25) is 20.4 Å². The van der Waals surface area contributed by atoms with E-state index in [0.717, 1.165) is 6.42 Å². The standard InChI is InChI=1S/C17H17ClN2O3/c1-2-12-6-8-15(9-7-12)23-11-16(21)19-20-17(22)13-4-3-5-14(18)10-13/h3-10H,2,11H2,1H3,(H,19,21)(H,20,22). The molecule has 2 N–H and O–H groups in total. The average molecular weight is 333 g/mol. The van der Waals surface area contributed by atoms with E-state index in [1.807, 2.05) is 12.1 Å². The summed E-state index contributed by atoms with van der Waals surface area (Å²) in [5.41, 5.74) is 6.14. The highest BCUT2D eigenvalue weighted by Gasteiger charge is 2.08. The van der Waals surface area contributed by atoms with Gasteiger partial charge in [0.25, 0.3) is 11.8 Å². The van der Waals surface area contributed by atoms with Crippen LogP contribution in [0.25, 0.3) is 0 Å². The third-order valence-electron chi connectivity index (χ3n) is 3.10. The predicted molar refractivity (Wildman–Crippen MR) is 88.4 cm³/mol. The molecule has 2 aromatic carbocycles. The van der Waals surface area contributed by atoms with Crippen molar-refractivity contribution in [3.63, 3.8) is 0 Å². The van der Waals surface area contributed by atoms with E-state index in [1.54, 1.807) is 30.3 Å². The largest absolute Gasteiger partial charge is 0.484 e. The maximum atomic E-state index is 11.8. The van der Waals surface area contributed by atoms with Crippen LogP contribution in [-0.2, 0) is 11.2 Å². The number of ether oxygens (including phenoxy) is 1. The molecule has 0 saturated carbocycles. The first kappa shape index (κ1) is 16.8. The van der Waals surface area contributed by atoms with Crippen LogP contribution in [0.5, 0.6) is 5.75 Å². The minimum absolute atomic E-state index is 0.193. The number of nitrogens with one attached hydrogen (secondary N) is 2. The summed E-state index contributed by atoms with van der Waals surface area (Å²) in [6.45, 7) is 1.87. The molecule has 0 heterocycles. The number of rotatable bonds is 5. The summed E-state index contributed by atoms with van der Waals surface area (Å²) >= 11 is 5.80. The third-order valence-corrected chi connectivity index (χ3v) is 3.34. The Bertz CT molecular complexity index is 686. The zero-order valence-electron chi connectivity index (χ0n) is 12.6. The summed E-state index contributed by atoms with van der Waals surface area (Å²) < 4.78 is 5.34. The molecular weight excluding hydrogens is 316 g/mol. The molecule has 120 valence electrons. The van der Waals surface area contributed by atoms with Crippen LogP contribution in [0.1, 0.15) is 22.8 Å². The number of aryl methyl sites for hydroxylation is 1. The zero-order chi connectivity index (χ0) is 16.7. The van der Waals surface area contributed by atoms with Crippen LogP contribution >= 0.6 is 11.6 Å². The minimum Gasteiger partial charge on any atom is -0.484 e.